The molecule has 0 spiro atoms. The van der Waals surface area contributed by atoms with Crippen molar-refractivity contribution >= 4 is 5.91 Å². The van der Waals surface area contributed by atoms with Gasteiger partial charge in [0.15, 0.2) is 0 Å². The summed E-state index contributed by atoms with van der Waals surface area (Å²) in [5.74, 6) is 0.0966. The number of rotatable bonds is 5. The number of hydrogen-bond acceptors (Lipinski definition) is 3. The van der Waals surface area contributed by atoms with Crippen molar-refractivity contribution in [2.45, 2.75) is 38.8 Å². The minimum absolute atomic E-state index is 0.0966. The molecule has 4 nitrogen and oxygen atoms in total. The Hall–Kier alpha value is -2.46. The highest BCUT2D eigenvalue weighted by molar-refractivity contribution is 5.96. The summed E-state index contributed by atoms with van der Waals surface area (Å²) < 4.78 is 0. The van der Waals surface area contributed by atoms with Crippen molar-refractivity contribution in [1.29, 1.82) is 0 Å². The van der Waals surface area contributed by atoms with Crippen molar-refractivity contribution in [1.82, 2.24) is 14.8 Å². The highest BCUT2D eigenvalue weighted by Gasteiger charge is 2.24. The van der Waals surface area contributed by atoms with Gasteiger partial charge in [-0.1, -0.05) is 37.3 Å². The molecule has 0 saturated carbocycles. The van der Waals surface area contributed by atoms with E-state index < -0.39 is 0 Å². The van der Waals surface area contributed by atoms with E-state index in [1.54, 1.807) is 0 Å². The maximum atomic E-state index is 12.9. The van der Waals surface area contributed by atoms with Crippen LogP contribution in [0.15, 0.2) is 54.7 Å². The first-order valence-corrected chi connectivity index (χ1v) is 10.00. The molecule has 0 aliphatic carbocycles. The van der Waals surface area contributed by atoms with E-state index in [9.17, 15) is 4.79 Å². The van der Waals surface area contributed by atoms with Crippen LogP contribution >= 0.6 is 0 Å². The van der Waals surface area contributed by atoms with E-state index >= 15 is 0 Å². The summed E-state index contributed by atoms with van der Waals surface area (Å²) in [5.41, 5.74) is 3.90. The minimum atomic E-state index is 0.0966. The molecular weight excluding hydrogens is 334 g/mol. The maximum absolute atomic E-state index is 12.9. The Morgan fingerprint density at radius 1 is 1.19 bits per heavy atom. The van der Waals surface area contributed by atoms with Crippen LogP contribution in [-0.4, -0.2) is 46.4 Å². The average molecular weight is 361 g/mol. The Labute approximate surface area is 161 Å². The van der Waals surface area contributed by atoms with Gasteiger partial charge in [-0.3, -0.25) is 14.7 Å². The average Bonchev–Trinajstić information content (AvgIpc) is 3.40. The molecule has 1 fully saturated rings. The molecule has 1 unspecified atom stereocenters. The van der Waals surface area contributed by atoms with Crippen molar-refractivity contribution in [3.63, 3.8) is 0 Å². The van der Waals surface area contributed by atoms with Crippen molar-refractivity contribution < 1.29 is 4.79 Å². The van der Waals surface area contributed by atoms with Crippen LogP contribution in [0.5, 0.6) is 0 Å². The molecule has 1 aromatic carbocycles. The third kappa shape index (κ3) is 3.96. The maximum Gasteiger partial charge on any atom is 0.254 e. The lowest BCUT2D eigenvalue weighted by Crippen LogP contribution is -2.35. The number of benzene rings is 1. The van der Waals surface area contributed by atoms with Crippen LogP contribution in [0.4, 0.5) is 0 Å². The molecule has 0 bridgehead atoms. The van der Waals surface area contributed by atoms with Crippen LogP contribution in [0.3, 0.4) is 0 Å². The van der Waals surface area contributed by atoms with Gasteiger partial charge >= 0.3 is 0 Å². The van der Waals surface area contributed by atoms with E-state index in [0.717, 1.165) is 29.8 Å². The summed E-state index contributed by atoms with van der Waals surface area (Å²) in [7, 11) is 0. The zero-order chi connectivity index (χ0) is 18.6. The number of likely N-dealkylation sites (tertiary alicyclic amines) is 1. The highest BCUT2D eigenvalue weighted by Crippen LogP contribution is 2.22. The molecule has 2 aliphatic rings. The third-order valence-electron chi connectivity index (χ3n) is 5.57. The summed E-state index contributed by atoms with van der Waals surface area (Å²) in [6.07, 6.45) is 9.73. The van der Waals surface area contributed by atoms with Crippen molar-refractivity contribution in [3.8, 4) is 11.3 Å². The van der Waals surface area contributed by atoms with Gasteiger partial charge in [-0.05, 0) is 56.1 Å². The summed E-state index contributed by atoms with van der Waals surface area (Å²) >= 11 is 0. The molecule has 0 radical (unpaired) electrons. The topological polar surface area (TPSA) is 36.4 Å². The Morgan fingerprint density at radius 2 is 2.04 bits per heavy atom. The molecule has 140 valence electrons. The Kier molecular flexibility index (Phi) is 5.35. The number of aromatic nitrogens is 1. The van der Waals surface area contributed by atoms with Crippen LogP contribution in [0.1, 0.15) is 42.1 Å². The predicted octanol–water partition coefficient (Wildman–Crippen LogP) is 4.14. The molecule has 1 amide bonds. The van der Waals surface area contributed by atoms with Gasteiger partial charge in [-0.25, -0.2) is 0 Å². The fraction of sp³-hybridized carbons (Fsp3) is 0.391. The quantitative estimate of drug-likeness (QED) is 0.751. The van der Waals surface area contributed by atoms with E-state index in [1.807, 2.05) is 35.4 Å². The zero-order valence-electron chi connectivity index (χ0n) is 16.0. The number of carbonyl (C=O) groups excluding carboxylic acids is 1. The first-order valence-electron chi connectivity index (χ1n) is 10.00. The van der Waals surface area contributed by atoms with Crippen LogP contribution in [0.25, 0.3) is 11.3 Å². The molecule has 4 heteroatoms. The van der Waals surface area contributed by atoms with Gasteiger partial charge in [0.1, 0.15) is 0 Å². The third-order valence-corrected chi connectivity index (χ3v) is 5.57. The van der Waals surface area contributed by atoms with Crippen LogP contribution in [-0.2, 0) is 6.54 Å². The molecule has 4 rings (SSSR count). The molecule has 1 aromatic heterocycles. The van der Waals surface area contributed by atoms with Gasteiger partial charge in [0.25, 0.3) is 5.91 Å². The standard InChI is InChI=1S/C23H27N3O/c1-2-21-9-6-14-26(21)23(27)20-8-5-7-19(15-20)22-11-10-18(16-24-22)17-25-12-3-4-13-25/h5-11,15-16,21H,2-4,12-14,17H2,1H3. The lowest BCUT2D eigenvalue weighted by molar-refractivity contribution is 0.0747. The van der Waals surface area contributed by atoms with E-state index in [4.69, 9.17) is 0 Å². The van der Waals surface area contributed by atoms with Gasteiger partial charge in [0.05, 0.1) is 11.7 Å². The summed E-state index contributed by atoms with van der Waals surface area (Å²) in [4.78, 5) is 22.0. The molecule has 2 aromatic rings. The van der Waals surface area contributed by atoms with E-state index in [-0.39, 0.29) is 11.9 Å². The van der Waals surface area contributed by atoms with Gasteiger partial charge in [0.2, 0.25) is 0 Å². The van der Waals surface area contributed by atoms with Crippen molar-refractivity contribution in [2.75, 3.05) is 19.6 Å². The Balaban J connectivity index is 1.49. The number of nitrogens with zero attached hydrogens (tertiary/aromatic N) is 3. The van der Waals surface area contributed by atoms with E-state index in [0.29, 0.717) is 6.54 Å². The molecule has 2 aliphatic heterocycles. The molecule has 0 N–H and O–H groups in total. The fourth-order valence-corrected chi connectivity index (χ4v) is 4.03. The largest absolute Gasteiger partial charge is 0.329 e. The molecular formula is C23H27N3O. The smallest absolute Gasteiger partial charge is 0.254 e. The highest BCUT2D eigenvalue weighted by atomic mass is 16.2. The summed E-state index contributed by atoms with van der Waals surface area (Å²) in [6, 6.07) is 12.3. The van der Waals surface area contributed by atoms with Gasteiger partial charge in [-0.2, -0.15) is 0 Å². The van der Waals surface area contributed by atoms with E-state index in [2.05, 4.69) is 41.1 Å². The number of carbonyl (C=O) groups is 1. The lowest BCUT2D eigenvalue weighted by Gasteiger charge is -2.23. The van der Waals surface area contributed by atoms with Crippen molar-refractivity contribution in [2.24, 2.45) is 0 Å². The minimum Gasteiger partial charge on any atom is -0.329 e. The van der Waals surface area contributed by atoms with Crippen LogP contribution < -0.4 is 0 Å². The van der Waals surface area contributed by atoms with Gasteiger partial charge in [-0.15, -0.1) is 0 Å². The van der Waals surface area contributed by atoms with Crippen LogP contribution in [0, 0.1) is 0 Å². The normalized spacial score (nSPS) is 19.7. The Morgan fingerprint density at radius 3 is 2.78 bits per heavy atom. The predicted molar refractivity (Wildman–Crippen MR) is 108 cm³/mol. The van der Waals surface area contributed by atoms with Crippen LogP contribution in [0.2, 0.25) is 0 Å². The molecule has 27 heavy (non-hydrogen) atoms. The number of hydrogen-bond donors (Lipinski definition) is 0. The van der Waals surface area contributed by atoms with E-state index in [1.165, 1.54) is 31.5 Å². The second-order valence-electron chi connectivity index (χ2n) is 7.48. The molecule has 1 saturated heterocycles. The molecule has 3 heterocycles. The monoisotopic (exact) mass is 361 g/mol. The summed E-state index contributed by atoms with van der Waals surface area (Å²) in [5, 5.41) is 0. The van der Waals surface area contributed by atoms with Crippen molar-refractivity contribution in [3.05, 3.63) is 65.9 Å². The zero-order valence-corrected chi connectivity index (χ0v) is 16.0. The lowest BCUT2D eigenvalue weighted by atomic mass is 10.1. The first-order chi connectivity index (χ1) is 13.2. The number of amides is 1. The SMILES string of the molecule is CCC1C=CCN1C(=O)c1cccc(-c2ccc(CN3CCCC3)cn2)c1. The summed E-state index contributed by atoms with van der Waals surface area (Å²) in [6.45, 7) is 6.17. The second kappa shape index (κ2) is 8.05. The fourth-order valence-electron chi connectivity index (χ4n) is 4.03. The molecule has 1 atom stereocenters. The van der Waals surface area contributed by atoms with Gasteiger partial charge < -0.3 is 4.90 Å². The Bertz CT molecular complexity index is 822. The second-order valence-corrected chi connectivity index (χ2v) is 7.48. The van der Waals surface area contributed by atoms with Gasteiger partial charge in [0, 0.05) is 30.4 Å². The first kappa shape index (κ1) is 17.9. The number of pyridine rings is 1.